The second-order valence-electron chi connectivity index (χ2n) is 5.50. The lowest BCUT2D eigenvalue weighted by atomic mass is 9.92. The van der Waals surface area contributed by atoms with Crippen LogP contribution in [0, 0.1) is 13.8 Å². The molecule has 1 N–H and O–H groups in total. The molecule has 20 heavy (non-hydrogen) atoms. The topological polar surface area (TPSA) is 38.1 Å². The fourth-order valence-corrected chi connectivity index (χ4v) is 4.57. The lowest BCUT2D eigenvalue weighted by Crippen LogP contribution is -2.27. The predicted molar refractivity (Wildman–Crippen MR) is 82.5 cm³/mol. The van der Waals surface area contributed by atoms with E-state index in [9.17, 15) is 0 Å². The molecule has 1 aliphatic carbocycles. The largest absolute Gasteiger partial charge is 0.361 e. The maximum atomic E-state index is 6.17. The quantitative estimate of drug-likeness (QED) is 0.890. The third-order valence-electron chi connectivity index (χ3n) is 4.06. The highest BCUT2D eigenvalue weighted by atomic mass is 35.5. The summed E-state index contributed by atoms with van der Waals surface area (Å²) in [5.41, 5.74) is 3.53. The first-order chi connectivity index (χ1) is 9.56. The fourth-order valence-electron chi connectivity index (χ4n) is 3.19. The normalized spacial score (nSPS) is 19.9. The van der Waals surface area contributed by atoms with Crippen LogP contribution in [0.3, 0.4) is 0 Å². The van der Waals surface area contributed by atoms with Crippen LogP contribution in [0.1, 0.15) is 59.3 Å². The average molecular weight is 311 g/mol. The van der Waals surface area contributed by atoms with Gasteiger partial charge in [-0.1, -0.05) is 16.8 Å². The molecule has 108 valence electrons. The second kappa shape index (κ2) is 5.51. The highest BCUT2D eigenvalue weighted by molar-refractivity contribution is 7.16. The summed E-state index contributed by atoms with van der Waals surface area (Å²) >= 11 is 7.89. The standard InChI is InChI=1S/C15H19ClN2OS/c1-8(15-9(2)18-19-10(15)3)17-12-5-4-6-13-11(12)7-14(16)20-13/h7-8,12,17H,4-6H2,1-3H3. The third-order valence-corrected chi connectivity index (χ3v) is 5.40. The highest BCUT2D eigenvalue weighted by Crippen LogP contribution is 2.39. The summed E-state index contributed by atoms with van der Waals surface area (Å²) in [5.74, 6) is 0.905. The molecule has 0 saturated carbocycles. The van der Waals surface area contributed by atoms with Crippen LogP contribution in [0.5, 0.6) is 0 Å². The number of thiophene rings is 1. The van der Waals surface area contributed by atoms with Gasteiger partial charge in [-0.25, -0.2) is 0 Å². The molecular weight excluding hydrogens is 292 g/mol. The summed E-state index contributed by atoms with van der Waals surface area (Å²) in [6.07, 6.45) is 3.54. The van der Waals surface area contributed by atoms with Crippen molar-refractivity contribution in [3.63, 3.8) is 0 Å². The number of nitrogens with one attached hydrogen (secondary N) is 1. The Morgan fingerprint density at radius 2 is 2.30 bits per heavy atom. The van der Waals surface area contributed by atoms with Crippen molar-refractivity contribution in [3.8, 4) is 0 Å². The summed E-state index contributed by atoms with van der Waals surface area (Å²) in [7, 11) is 0. The van der Waals surface area contributed by atoms with Gasteiger partial charge in [0.25, 0.3) is 0 Å². The molecule has 0 saturated heterocycles. The van der Waals surface area contributed by atoms with E-state index in [1.165, 1.54) is 22.4 Å². The molecule has 0 spiro atoms. The van der Waals surface area contributed by atoms with E-state index in [1.54, 1.807) is 11.3 Å². The number of aromatic nitrogens is 1. The molecule has 0 amide bonds. The van der Waals surface area contributed by atoms with Gasteiger partial charge in [-0.05, 0) is 51.7 Å². The molecule has 2 aromatic heterocycles. The molecule has 2 unspecified atom stereocenters. The van der Waals surface area contributed by atoms with E-state index in [0.717, 1.165) is 28.6 Å². The smallest absolute Gasteiger partial charge is 0.138 e. The second-order valence-corrected chi connectivity index (χ2v) is 7.27. The van der Waals surface area contributed by atoms with Crippen LogP contribution in [0.4, 0.5) is 0 Å². The number of fused-ring (bicyclic) bond motifs is 1. The van der Waals surface area contributed by atoms with Gasteiger partial charge in [-0.3, -0.25) is 0 Å². The molecule has 0 bridgehead atoms. The molecule has 2 atom stereocenters. The van der Waals surface area contributed by atoms with Gasteiger partial charge in [-0.2, -0.15) is 0 Å². The van der Waals surface area contributed by atoms with Gasteiger partial charge in [0.1, 0.15) is 5.76 Å². The summed E-state index contributed by atoms with van der Waals surface area (Å²) in [6, 6.07) is 2.74. The zero-order valence-corrected chi connectivity index (χ0v) is 13.6. The first kappa shape index (κ1) is 14.1. The zero-order chi connectivity index (χ0) is 14.3. The minimum Gasteiger partial charge on any atom is -0.361 e. The molecule has 3 rings (SSSR count). The van der Waals surface area contributed by atoms with Crippen molar-refractivity contribution in [2.24, 2.45) is 0 Å². The number of rotatable bonds is 3. The highest BCUT2D eigenvalue weighted by Gasteiger charge is 2.26. The molecule has 0 aliphatic heterocycles. The van der Waals surface area contributed by atoms with Crippen LogP contribution in [0.25, 0.3) is 0 Å². The summed E-state index contributed by atoms with van der Waals surface area (Å²) < 4.78 is 6.17. The molecule has 5 heteroatoms. The molecule has 2 aromatic rings. The Labute approximate surface area is 128 Å². The Kier molecular flexibility index (Phi) is 3.89. The van der Waals surface area contributed by atoms with Crippen molar-refractivity contribution in [3.05, 3.63) is 37.9 Å². The van der Waals surface area contributed by atoms with Crippen LogP contribution in [-0.2, 0) is 6.42 Å². The number of nitrogens with zero attached hydrogens (tertiary/aromatic N) is 1. The molecule has 1 aliphatic rings. The zero-order valence-electron chi connectivity index (χ0n) is 12.0. The fraction of sp³-hybridized carbons (Fsp3) is 0.533. The van der Waals surface area contributed by atoms with E-state index < -0.39 is 0 Å². The molecule has 0 fully saturated rings. The average Bonchev–Trinajstić information content (AvgIpc) is 2.92. The maximum absolute atomic E-state index is 6.17. The van der Waals surface area contributed by atoms with Gasteiger partial charge in [0, 0.05) is 22.5 Å². The first-order valence-electron chi connectivity index (χ1n) is 7.03. The molecular formula is C15H19ClN2OS. The van der Waals surface area contributed by atoms with Crippen LogP contribution in [0.2, 0.25) is 4.34 Å². The van der Waals surface area contributed by atoms with Crippen molar-refractivity contribution in [2.45, 2.75) is 52.1 Å². The molecule has 0 radical (unpaired) electrons. The van der Waals surface area contributed by atoms with Gasteiger partial charge >= 0.3 is 0 Å². The van der Waals surface area contributed by atoms with Gasteiger partial charge in [0.05, 0.1) is 10.0 Å². The molecule has 2 heterocycles. The van der Waals surface area contributed by atoms with E-state index in [1.807, 2.05) is 13.8 Å². The van der Waals surface area contributed by atoms with E-state index in [2.05, 4.69) is 23.5 Å². The van der Waals surface area contributed by atoms with E-state index in [4.69, 9.17) is 16.1 Å². The van der Waals surface area contributed by atoms with Crippen LogP contribution in [-0.4, -0.2) is 5.16 Å². The van der Waals surface area contributed by atoms with E-state index in [-0.39, 0.29) is 6.04 Å². The predicted octanol–water partition coefficient (Wildman–Crippen LogP) is 4.73. The van der Waals surface area contributed by atoms with Crippen molar-refractivity contribution in [2.75, 3.05) is 0 Å². The maximum Gasteiger partial charge on any atom is 0.138 e. The number of hydrogen-bond donors (Lipinski definition) is 1. The van der Waals surface area contributed by atoms with Gasteiger partial charge in [0.2, 0.25) is 0 Å². The van der Waals surface area contributed by atoms with Gasteiger partial charge in [0.15, 0.2) is 0 Å². The first-order valence-corrected chi connectivity index (χ1v) is 8.22. The van der Waals surface area contributed by atoms with Gasteiger partial charge < -0.3 is 9.84 Å². The lowest BCUT2D eigenvalue weighted by molar-refractivity contribution is 0.385. The monoisotopic (exact) mass is 310 g/mol. The Morgan fingerprint density at radius 1 is 1.50 bits per heavy atom. The van der Waals surface area contributed by atoms with E-state index in [0.29, 0.717) is 6.04 Å². The van der Waals surface area contributed by atoms with Crippen LogP contribution >= 0.6 is 22.9 Å². The minimum atomic E-state index is 0.232. The van der Waals surface area contributed by atoms with Crippen molar-refractivity contribution in [1.82, 2.24) is 10.5 Å². The summed E-state index contributed by atoms with van der Waals surface area (Å²) in [4.78, 5) is 1.43. The SMILES string of the molecule is Cc1noc(C)c1C(C)NC1CCCc2sc(Cl)cc21. The molecule has 3 nitrogen and oxygen atoms in total. The number of aryl methyl sites for hydroxylation is 3. The Bertz CT molecular complexity index is 600. The van der Waals surface area contributed by atoms with Crippen molar-refractivity contribution < 1.29 is 4.52 Å². The Morgan fingerprint density at radius 3 is 3.00 bits per heavy atom. The van der Waals surface area contributed by atoms with Crippen LogP contribution < -0.4 is 5.32 Å². The van der Waals surface area contributed by atoms with Crippen molar-refractivity contribution in [1.29, 1.82) is 0 Å². The summed E-state index contributed by atoms with van der Waals surface area (Å²) in [5, 5.41) is 7.77. The van der Waals surface area contributed by atoms with Gasteiger partial charge in [-0.15, -0.1) is 11.3 Å². The third kappa shape index (κ3) is 2.52. The Hall–Kier alpha value is -0.840. The van der Waals surface area contributed by atoms with Crippen LogP contribution in [0.15, 0.2) is 10.6 Å². The number of halogens is 1. The van der Waals surface area contributed by atoms with E-state index >= 15 is 0 Å². The lowest BCUT2D eigenvalue weighted by Gasteiger charge is -2.27. The summed E-state index contributed by atoms with van der Waals surface area (Å²) in [6.45, 7) is 6.15. The Balaban J connectivity index is 1.82. The number of hydrogen-bond acceptors (Lipinski definition) is 4. The molecule has 0 aromatic carbocycles. The van der Waals surface area contributed by atoms with Crippen molar-refractivity contribution >= 4 is 22.9 Å². The minimum absolute atomic E-state index is 0.232.